The third-order valence-electron chi connectivity index (χ3n) is 7.36. The molecule has 1 saturated carbocycles. The fourth-order valence-corrected chi connectivity index (χ4v) is 5.48. The van der Waals surface area contributed by atoms with Crippen LogP contribution in [-0.4, -0.2) is 42.3 Å². The number of amides is 2. The van der Waals surface area contributed by atoms with Gasteiger partial charge in [0.15, 0.2) is 0 Å². The van der Waals surface area contributed by atoms with Gasteiger partial charge >= 0.3 is 12.1 Å². The quantitative estimate of drug-likeness (QED) is 0.485. The molecule has 2 aliphatic carbocycles. The number of hydrogen-bond acceptors (Lipinski definition) is 4. The largest absolute Gasteiger partial charge is 0.481 e. The van der Waals surface area contributed by atoms with Gasteiger partial charge in [-0.2, -0.15) is 0 Å². The molecule has 0 aromatic heterocycles. The molecule has 186 valence electrons. The smallest absolute Gasteiger partial charge is 0.407 e. The number of aliphatic carboxylic acids is 1. The van der Waals surface area contributed by atoms with E-state index in [9.17, 15) is 14.4 Å². The SMILES string of the molecule is CCC(CC(=O)O)NC(=O)C1CCCCC1CNC(=O)OCC1c2ccccc2-c2ccccc21. The Morgan fingerprint density at radius 2 is 1.63 bits per heavy atom. The predicted octanol–water partition coefficient (Wildman–Crippen LogP) is 4.70. The van der Waals surface area contributed by atoms with Gasteiger partial charge in [-0.25, -0.2) is 4.79 Å². The van der Waals surface area contributed by atoms with Crippen molar-refractivity contribution in [1.82, 2.24) is 10.6 Å². The van der Waals surface area contributed by atoms with Crippen LogP contribution in [0.4, 0.5) is 4.79 Å². The Hall–Kier alpha value is -3.35. The average molecular weight is 479 g/mol. The van der Waals surface area contributed by atoms with E-state index < -0.39 is 12.1 Å². The van der Waals surface area contributed by atoms with Crippen molar-refractivity contribution in [2.45, 2.75) is 57.4 Å². The Labute approximate surface area is 206 Å². The number of fused-ring (bicyclic) bond motifs is 3. The normalized spacial score (nSPS) is 19.8. The number of carbonyl (C=O) groups excluding carboxylic acids is 2. The summed E-state index contributed by atoms with van der Waals surface area (Å²) in [5, 5.41) is 14.8. The second kappa shape index (κ2) is 11.4. The fraction of sp³-hybridized carbons (Fsp3) is 0.464. The van der Waals surface area contributed by atoms with E-state index in [1.165, 1.54) is 11.1 Å². The summed E-state index contributed by atoms with van der Waals surface area (Å²) in [4.78, 5) is 36.5. The zero-order valence-electron chi connectivity index (χ0n) is 20.2. The molecule has 0 saturated heterocycles. The summed E-state index contributed by atoms with van der Waals surface area (Å²) in [5.41, 5.74) is 4.69. The first kappa shape index (κ1) is 24.8. The third-order valence-corrected chi connectivity index (χ3v) is 7.36. The predicted molar refractivity (Wildman–Crippen MR) is 133 cm³/mol. The first-order chi connectivity index (χ1) is 17.0. The molecule has 2 aromatic carbocycles. The molecule has 0 aliphatic heterocycles. The molecule has 2 aliphatic rings. The number of hydrogen-bond donors (Lipinski definition) is 3. The van der Waals surface area contributed by atoms with Crippen LogP contribution in [0.15, 0.2) is 48.5 Å². The molecule has 1 fully saturated rings. The van der Waals surface area contributed by atoms with Crippen LogP contribution in [0.5, 0.6) is 0 Å². The van der Waals surface area contributed by atoms with Gasteiger partial charge in [-0.05, 0) is 47.4 Å². The van der Waals surface area contributed by atoms with Crippen LogP contribution in [0.1, 0.15) is 62.5 Å². The molecule has 35 heavy (non-hydrogen) atoms. The maximum atomic E-state index is 12.9. The lowest BCUT2D eigenvalue weighted by Crippen LogP contribution is -2.45. The Balaban J connectivity index is 1.31. The number of carboxylic acid groups (broad SMARTS) is 1. The summed E-state index contributed by atoms with van der Waals surface area (Å²) < 4.78 is 5.64. The highest BCUT2D eigenvalue weighted by Gasteiger charge is 2.33. The van der Waals surface area contributed by atoms with Gasteiger partial charge in [0, 0.05) is 24.4 Å². The van der Waals surface area contributed by atoms with E-state index in [0.29, 0.717) is 13.0 Å². The van der Waals surface area contributed by atoms with Crippen LogP contribution in [0.25, 0.3) is 11.1 Å². The Morgan fingerprint density at radius 1 is 1.00 bits per heavy atom. The fourth-order valence-electron chi connectivity index (χ4n) is 5.48. The van der Waals surface area contributed by atoms with Crippen molar-refractivity contribution in [3.8, 4) is 11.1 Å². The van der Waals surface area contributed by atoms with Crippen molar-refractivity contribution >= 4 is 18.0 Å². The van der Waals surface area contributed by atoms with E-state index in [1.807, 2.05) is 31.2 Å². The summed E-state index contributed by atoms with van der Waals surface area (Å²) in [6.45, 7) is 2.48. The molecule has 0 bridgehead atoms. The number of benzene rings is 2. The molecular formula is C28H34N2O5. The van der Waals surface area contributed by atoms with Crippen molar-refractivity contribution in [3.63, 3.8) is 0 Å². The monoisotopic (exact) mass is 478 g/mol. The first-order valence-corrected chi connectivity index (χ1v) is 12.6. The minimum absolute atomic E-state index is 0.00145. The summed E-state index contributed by atoms with van der Waals surface area (Å²) in [6, 6.07) is 16.0. The van der Waals surface area contributed by atoms with Gasteiger partial charge in [0.05, 0.1) is 6.42 Å². The minimum Gasteiger partial charge on any atom is -0.481 e. The molecule has 0 radical (unpaired) electrons. The van der Waals surface area contributed by atoms with E-state index in [-0.39, 0.29) is 42.7 Å². The van der Waals surface area contributed by atoms with E-state index in [2.05, 4.69) is 34.9 Å². The second-order valence-electron chi connectivity index (χ2n) is 9.57. The summed E-state index contributed by atoms with van der Waals surface area (Å²) >= 11 is 0. The van der Waals surface area contributed by atoms with E-state index >= 15 is 0 Å². The molecule has 7 heteroatoms. The van der Waals surface area contributed by atoms with Crippen molar-refractivity contribution < 1.29 is 24.2 Å². The lowest BCUT2D eigenvalue weighted by Gasteiger charge is -2.31. The topological polar surface area (TPSA) is 105 Å². The molecule has 2 aromatic rings. The van der Waals surface area contributed by atoms with Crippen LogP contribution in [0.3, 0.4) is 0 Å². The third kappa shape index (κ3) is 5.84. The summed E-state index contributed by atoms with van der Waals surface area (Å²) in [5.74, 6) is -1.26. The van der Waals surface area contributed by atoms with Gasteiger partial charge in [0.1, 0.15) is 6.61 Å². The lowest BCUT2D eigenvalue weighted by atomic mass is 9.78. The number of carbonyl (C=O) groups is 3. The molecule has 3 unspecified atom stereocenters. The summed E-state index contributed by atoms with van der Waals surface area (Å²) in [7, 11) is 0. The van der Waals surface area contributed by atoms with E-state index in [0.717, 1.165) is 36.8 Å². The average Bonchev–Trinajstić information content (AvgIpc) is 3.19. The van der Waals surface area contributed by atoms with Crippen LogP contribution >= 0.6 is 0 Å². The molecule has 7 nitrogen and oxygen atoms in total. The van der Waals surface area contributed by atoms with Gasteiger partial charge in [0.25, 0.3) is 0 Å². The number of nitrogens with one attached hydrogen (secondary N) is 2. The standard InChI is InChI=1S/C28H34N2O5/c1-2-19(15-26(31)32)30-27(33)20-10-4-3-9-18(20)16-29-28(34)35-17-25-23-13-7-5-11-21(23)22-12-6-8-14-24(22)25/h5-8,11-14,18-20,25H,2-4,9-10,15-17H2,1H3,(H,29,34)(H,30,33)(H,31,32). The van der Waals surface area contributed by atoms with Crippen molar-refractivity contribution in [3.05, 3.63) is 59.7 Å². The summed E-state index contributed by atoms with van der Waals surface area (Å²) in [6.07, 6.45) is 3.55. The number of ether oxygens (including phenoxy) is 1. The lowest BCUT2D eigenvalue weighted by molar-refractivity contribution is -0.138. The minimum atomic E-state index is -0.922. The Morgan fingerprint density at radius 3 is 2.26 bits per heavy atom. The molecule has 3 N–H and O–H groups in total. The number of rotatable bonds is 9. The van der Waals surface area contributed by atoms with Crippen LogP contribution in [0.2, 0.25) is 0 Å². The van der Waals surface area contributed by atoms with Crippen LogP contribution < -0.4 is 10.6 Å². The molecular weight excluding hydrogens is 444 g/mol. The zero-order valence-corrected chi connectivity index (χ0v) is 20.2. The Kier molecular flexibility index (Phi) is 8.06. The van der Waals surface area contributed by atoms with Crippen LogP contribution in [-0.2, 0) is 14.3 Å². The van der Waals surface area contributed by atoms with Gasteiger partial charge < -0.3 is 20.5 Å². The first-order valence-electron chi connectivity index (χ1n) is 12.6. The van der Waals surface area contributed by atoms with Crippen LogP contribution in [0, 0.1) is 11.8 Å². The highest BCUT2D eigenvalue weighted by molar-refractivity contribution is 5.81. The molecule has 3 atom stereocenters. The zero-order chi connectivity index (χ0) is 24.8. The Bertz CT molecular complexity index is 1020. The van der Waals surface area contributed by atoms with E-state index in [4.69, 9.17) is 9.84 Å². The maximum Gasteiger partial charge on any atom is 0.407 e. The highest BCUT2D eigenvalue weighted by atomic mass is 16.5. The second-order valence-corrected chi connectivity index (χ2v) is 9.57. The number of alkyl carbamates (subject to hydrolysis) is 1. The maximum absolute atomic E-state index is 12.9. The highest BCUT2D eigenvalue weighted by Crippen LogP contribution is 2.44. The van der Waals surface area contributed by atoms with Crippen molar-refractivity contribution in [2.75, 3.05) is 13.2 Å². The van der Waals surface area contributed by atoms with Gasteiger partial charge in [-0.3, -0.25) is 9.59 Å². The number of carboxylic acids is 1. The van der Waals surface area contributed by atoms with Gasteiger partial charge in [-0.1, -0.05) is 68.3 Å². The van der Waals surface area contributed by atoms with Crippen molar-refractivity contribution in [1.29, 1.82) is 0 Å². The molecule has 2 amide bonds. The molecule has 0 spiro atoms. The van der Waals surface area contributed by atoms with E-state index in [1.54, 1.807) is 0 Å². The molecule has 0 heterocycles. The van der Waals surface area contributed by atoms with Gasteiger partial charge in [-0.15, -0.1) is 0 Å². The van der Waals surface area contributed by atoms with Gasteiger partial charge in [0.2, 0.25) is 5.91 Å². The molecule has 4 rings (SSSR count). The van der Waals surface area contributed by atoms with Crippen molar-refractivity contribution in [2.24, 2.45) is 11.8 Å².